The molecule has 1 aromatic rings. The van der Waals surface area contributed by atoms with Crippen molar-refractivity contribution in [2.75, 3.05) is 37.0 Å². The Balaban J connectivity index is 1.88. The summed E-state index contributed by atoms with van der Waals surface area (Å²) in [5, 5.41) is 2.83. The second-order valence-electron chi connectivity index (χ2n) is 5.12. The lowest BCUT2D eigenvalue weighted by molar-refractivity contribution is -0.117. The van der Waals surface area contributed by atoms with Crippen molar-refractivity contribution in [2.24, 2.45) is 5.73 Å². The van der Waals surface area contributed by atoms with Gasteiger partial charge in [0, 0.05) is 38.2 Å². The molecule has 0 aliphatic carbocycles. The zero-order chi connectivity index (χ0) is 14.4. The van der Waals surface area contributed by atoms with Gasteiger partial charge in [0.25, 0.3) is 0 Å². The molecule has 5 heteroatoms. The Morgan fingerprint density at radius 3 is 2.60 bits per heavy atom. The van der Waals surface area contributed by atoms with Crippen molar-refractivity contribution in [2.45, 2.75) is 25.3 Å². The lowest BCUT2D eigenvalue weighted by Gasteiger charge is -2.18. The third kappa shape index (κ3) is 3.95. The van der Waals surface area contributed by atoms with E-state index in [1.54, 1.807) is 7.11 Å². The van der Waals surface area contributed by atoms with Gasteiger partial charge >= 0.3 is 0 Å². The molecule has 1 aliphatic rings. The number of amides is 1. The molecule has 0 radical (unpaired) electrons. The fourth-order valence-corrected chi connectivity index (χ4v) is 2.34. The van der Waals surface area contributed by atoms with Gasteiger partial charge in [0.2, 0.25) is 5.91 Å². The minimum Gasteiger partial charge on any atom is -0.385 e. The molecule has 5 nitrogen and oxygen atoms in total. The molecular formula is C15H23N3O2. The predicted octanol–water partition coefficient (Wildman–Crippen LogP) is 1.59. The van der Waals surface area contributed by atoms with Crippen molar-refractivity contribution in [3.63, 3.8) is 0 Å². The fraction of sp³-hybridized carbons (Fsp3) is 0.533. The van der Waals surface area contributed by atoms with E-state index in [4.69, 9.17) is 10.5 Å². The topological polar surface area (TPSA) is 67.6 Å². The van der Waals surface area contributed by atoms with Crippen LogP contribution in [0.3, 0.4) is 0 Å². The van der Waals surface area contributed by atoms with Crippen LogP contribution in [-0.2, 0) is 9.53 Å². The maximum Gasteiger partial charge on any atom is 0.241 e. The Morgan fingerprint density at radius 2 is 2.00 bits per heavy atom. The van der Waals surface area contributed by atoms with Crippen LogP contribution in [0, 0.1) is 0 Å². The maximum atomic E-state index is 11.9. The third-order valence-electron chi connectivity index (χ3n) is 3.58. The second kappa shape index (κ2) is 7.26. The quantitative estimate of drug-likeness (QED) is 0.828. The van der Waals surface area contributed by atoms with Crippen LogP contribution < -0.4 is 16.0 Å². The zero-order valence-electron chi connectivity index (χ0n) is 12.0. The molecule has 1 atom stereocenters. The van der Waals surface area contributed by atoms with Crippen LogP contribution >= 0.6 is 0 Å². The Labute approximate surface area is 120 Å². The van der Waals surface area contributed by atoms with Gasteiger partial charge in [-0.25, -0.2) is 0 Å². The van der Waals surface area contributed by atoms with Crippen molar-refractivity contribution in [3.05, 3.63) is 24.3 Å². The monoisotopic (exact) mass is 277 g/mol. The number of hydrogen-bond acceptors (Lipinski definition) is 4. The van der Waals surface area contributed by atoms with E-state index in [9.17, 15) is 4.79 Å². The summed E-state index contributed by atoms with van der Waals surface area (Å²) in [5.41, 5.74) is 7.78. The summed E-state index contributed by atoms with van der Waals surface area (Å²) in [5.74, 6) is -0.170. The van der Waals surface area contributed by atoms with Crippen molar-refractivity contribution < 1.29 is 9.53 Å². The van der Waals surface area contributed by atoms with Crippen molar-refractivity contribution in [3.8, 4) is 0 Å². The number of benzene rings is 1. The average Bonchev–Trinajstić information content (AvgIpc) is 2.99. The summed E-state index contributed by atoms with van der Waals surface area (Å²) < 4.78 is 4.92. The van der Waals surface area contributed by atoms with Crippen LogP contribution in [0.5, 0.6) is 0 Å². The van der Waals surface area contributed by atoms with E-state index in [0.717, 1.165) is 18.8 Å². The summed E-state index contributed by atoms with van der Waals surface area (Å²) in [6.07, 6.45) is 3.04. The first-order valence-corrected chi connectivity index (χ1v) is 7.11. The molecular weight excluding hydrogens is 254 g/mol. The first kappa shape index (κ1) is 14.8. The van der Waals surface area contributed by atoms with Crippen molar-refractivity contribution >= 4 is 17.3 Å². The first-order chi connectivity index (χ1) is 9.70. The molecule has 0 aromatic heterocycles. The Morgan fingerprint density at radius 1 is 1.35 bits per heavy atom. The number of nitrogens with one attached hydrogen (secondary N) is 1. The molecule has 1 aromatic carbocycles. The van der Waals surface area contributed by atoms with Crippen LogP contribution in [0.25, 0.3) is 0 Å². The van der Waals surface area contributed by atoms with Crippen LogP contribution in [0.15, 0.2) is 24.3 Å². The second-order valence-corrected chi connectivity index (χ2v) is 5.12. The Kier molecular flexibility index (Phi) is 5.38. The highest BCUT2D eigenvalue weighted by atomic mass is 16.5. The standard InChI is InChI=1S/C15H23N3O2/c1-20-11-8-14(16)15(19)17-12-4-6-13(7-5-12)18-9-2-3-10-18/h4-7,14H,2-3,8-11,16H2,1H3,(H,17,19). The van der Waals surface area contributed by atoms with E-state index in [1.807, 2.05) is 24.3 Å². The van der Waals surface area contributed by atoms with Gasteiger partial charge in [-0.2, -0.15) is 0 Å². The van der Waals surface area contributed by atoms with Gasteiger partial charge in [-0.1, -0.05) is 0 Å². The van der Waals surface area contributed by atoms with Gasteiger partial charge < -0.3 is 20.7 Å². The van der Waals surface area contributed by atoms with Crippen LogP contribution in [-0.4, -0.2) is 38.8 Å². The van der Waals surface area contributed by atoms with E-state index in [-0.39, 0.29) is 5.91 Å². The highest BCUT2D eigenvalue weighted by molar-refractivity contribution is 5.94. The number of carbonyl (C=O) groups excluding carboxylic acids is 1. The zero-order valence-corrected chi connectivity index (χ0v) is 12.0. The molecule has 2 rings (SSSR count). The number of nitrogens with zero attached hydrogens (tertiary/aromatic N) is 1. The van der Waals surface area contributed by atoms with Crippen molar-refractivity contribution in [1.82, 2.24) is 0 Å². The van der Waals surface area contributed by atoms with E-state index < -0.39 is 6.04 Å². The highest BCUT2D eigenvalue weighted by Crippen LogP contribution is 2.22. The molecule has 1 fully saturated rings. The molecule has 1 saturated heterocycles. The number of anilines is 2. The van der Waals surface area contributed by atoms with Crippen LogP contribution in [0.1, 0.15) is 19.3 Å². The number of carbonyl (C=O) groups is 1. The number of methoxy groups -OCH3 is 1. The molecule has 110 valence electrons. The molecule has 1 heterocycles. The molecule has 1 aliphatic heterocycles. The first-order valence-electron chi connectivity index (χ1n) is 7.11. The normalized spacial score (nSPS) is 16.2. The summed E-state index contributed by atoms with van der Waals surface area (Å²) in [6.45, 7) is 2.73. The largest absolute Gasteiger partial charge is 0.385 e. The molecule has 0 saturated carbocycles. The van der Waals surface area contributed by atoms with Gasteiger partial charge in [0.05, 0.1) is 6.04 Å². The lowest BCUT2D eigenvalue weighted by Crippen LogP contribution is -2.36. The summed E-state index contributed by atoms with van der Waals surface area (Å²) >= 11 is 0. The van der Waals surface area contributed by atoms with E-state index in [2.05, 4.69) is 10.2 Å². The molecule has 1 amide bonds. The van der Waals surface area contributed by atoms with Gasteiger partial charge in [-0.15, -0.1) is 0 Å². The summed E-state index contributed by atoms with van der Waals surface area (Å²) in [6, 6.07) is 7.40. The Hall–Kier alpha value is -1.59. The highest BCUT2D eigenvalue weighted by Gasteiger charge is 2.14. The molecule has 1 unspecified atom stereocenters. The van der Waals surface area contributed by atoms with Gasteiger partial charge in [-0.05, 0) is 43.5 Å². The summed E-state index contributed by atoms with van der Waals surface area (Å²) in [7, 11) is 1.60. The minimum absolute atomic E-state index is 0.170. The Bertz CT molecular complexity index is 427. The number of nitrogens with two attached hydrogens (primary N) is 1. The fourth-order valence-electron chi connectivity index (χ4n) is 2.34. The smallest absolute Gasteiger partial charge is 0.241 e. The number of rotatable bonds is 6. The van der Waals surface area contributed by atoms with Crippen LogP contribution in [0.2, 0.25) is 0 Å². The summed E-state index contributed by atoms with van der Waals surface area (Å²) in [4.78, 5) is 14.2. The van der Waals surface area contributed by atoms with Crippen LogP contribution in [0.4, 0.5) is 11.4 Å². The molecule has 0 spiro atoms. The molecule has 3 N–H and O–H groups in total. The maximum absolute atomic E-state index is 11.9. The lowest BCUT2D eigenvalue weighted by atomic mass is 10.2. The number of hydrogen-bond donors (Lipinski definition) is 2. The van der Waals surface area contributed by atoms with Gasteiger partial charge in [0.1, 0.15) is 0 Å². The van der Waals surface area contributed by atoms with E-state index in [0.29, 0.717) is 13.0 Å². The van der Waals surface area contributed by atoms with Crippen molar-refractivity contribution in [1.29, 1.82) is 0 Å². The third-order valence-corrected chi connectivity index (χ3v) is 3.58. The van der Waals surface area contributed by atoms with E-state index in [1.165, 1.54) is 18.5 Å². The molecule has 0 bridgehead atoms. The SMILES string of the molecule is COCCC(N)C(=O)Nc1ccc(N2CCCC2)cc1. The minimum atomic E-state index is -0.534. The average molecular weight is 277 g/mol. The number of ether oxygens (including phenoxy) is 1. The molecule has 20 heavy (non-hydrogen) atoms. The van der Waals surface area contributed by atoms with Gasteiger partial charge in [0.15, 0.2) is 0 Å². The van der Waals surface area contributed by atoms with E-state index >= 15 is 0 Å². The van der Waals surface area contributed by atoms with Gasteiger partial charge in [-0.3, -0.25) is 4.79 Å². The predicted molar refractivity (Wildman–Crippen MR) is 81.0 cm³/mol.